The molecule has 150 heavy (non-hydrogen) atoms. The number of nitrogens with zero attached hydrogens (tertiary/aromatic N) is 11. The molecule has 56 heteroatoms. The monoisotopic (exact) mass is 4250 g/mol. The van der Waals surface area contributed by atoms with Crippen LogP contribution in [-0.4, -0.2) is 395 Å². The Hall–Kier alpha value is 7.57. The molecular formula is C94H159ArB4ClI16N12O18Y4-6. The molecule has 8 saturated heterocycles. The van der Waals surface area contributed by atoms with Crippen LogP contribution >= 0.6 is 260 Å². The number of aliphatic carboxylic acids is 1. The van der Waals surface area contributed by atoms with Gasteiger partial charge in [0.2, 0.25) is 23.0 Å². The van der Waals surface area contributed by atoms with Crippen molar-refractivity contribution in [1.82, 2.24) is 59.2 Å². The predicted molar refractivity (Wildman–Crippen MR) is 725 cm³/mol. The molecule has 3 N–H and O–H groups in total. The van der Waals surface area contributed by atoms with Crippen molar-refractivity contribution in [2.45, 2.75) is 142 Å². The number of nitrogens with one attached hydrogen (secondary N) is 1. The van der Waals surface area contributed by atoms with Crippen molar-refractivity contribution in [3.05, 3.63) is 182 Å². The molecule has 0 aliphatic carbocycles. The number of carbonyl (C=O) groups is 8. The second kappa shape index (κ2) is 167. The Labute approximate surface area is 1210 Å². The van der Waals surface area contributed by atoms with E-state index >= 15 is 0 Å². The topological polar surface area (TPSA) is 330 Å². The largest absolute Gasteiger partial charge is 0.520 e. The van der Waals surface area contributed by atoms with Gasteiger partial charge in [0.25, 0.3) is 5.97 Å². The van der Waals surface area contributed by atoms with Crippen molar-refractivity contribution in [1.29, 1.82) is 0 Å². The first-order chi connectivity index (χ1) is 68.3. The number of carboxylic acid groups (broad SMARTS) is 1. The number of piperazine rings is 4. The number of benzene rings is 5. The predicted octanol–water partition coefficient (Wildman–Crippen LogP) is 14.6. The van der Waals surface area contributed by atoms with Crippen LogP contribution in [0.5, 0.6) is 0 Å². The van der Waals surface area contributed by atoms with Crippen molar-refractivity contribution < 1.29 is 282 Å². The summed E-state index contributed by atoms with van der Waals surface area (Å²) >= 11 is 32.1. The molecule has 8 heterocycles. The molecule has 8 aliphatic heterocycles. The van der Waals surface area contributed by atoms with E-state index in [4.69, 9.17) is 15.0 Å². The number of carboxylic acids is 1. The number of ether oxygens (including phenoxy) is 4. The maximum atomic E-state index is 11.0. The summed E-state index contributed by atoms with van der Waals surface area (Å²) < 4.78 is 16.6. The molecule has 860 valence electrons. The Bertz CT molecular complexity index is 3020. The average Bonchev–Trinajstić information content (AvgIpc) is 0.821. The number of hydrogen-bond acceptors (Lipinski definition) is 22. The van der Waals surface area contributed by atoms with E-state index < -0.39 is 12.4 Å². The number of carbonyl (C=O) groups excluding carboxylic acids is 11. The standard InChI is InChI=1S/3C10H16N3O2.C8H14N3O.5C6H6.3C3H6O2.C2H3ClO.C2H4O2.C2H6O.4C2H6.CH3I.CH4O.CH4.Ar.B4.I5.I4.I3.I2.HI.4Y/c3*1-9(15)13-6-10(7-13)12-4-2-11(8-14)3-5-12;12-7-10-1-3-11(4-2-10)8-5-9-6-8;5*1-2-4-6-5-3-1;3*1-3(4)5-2;2*1-2(3)4;1-3-2;6*1-2;;;1-4(2)3;1-4-5(2)3;1-4(2)3;1-3-2;1-2;;;;;/h3*10H,2-7H2,1H3;8-9H,1-6H2;5*1-6H;3*1-2H3;1H3;1H3,(H,3,4);1-2H3;4*1-2H3;1H3;2H,1H3;1H4;;;;;;;1H;;;;/q4*-1;;;;;;;;;;;;;;;;;;;;;-1;;-1;;;;;;. The van der Waals surface area contributed by atoms with E-state index in [1.54, 1.807) is 54.6 Å². The molecule has 0 aromatic heterocycles. The van der Waals surface area contributed by atoms with Crippen LogP contribution in [0.2, 0.25) is 0 Å². The van der Waals surface area contributed by atoms with Crippen molar-refractivity contribution in [2.75, 3.05) is 205 Å². The Morgan fingerprint density at radius 2 is 0.467 bits per heavy atom. The van der Waals surface area contributed by atoms with Crippen LogP contribution in [0.4, 0.5) is 0 Å². The number of aliphatic hydroxyl groups excluding tert-OH is 1. The van der Waals surface area contributed by atoms with Gasteiger partial charge < -0.3 is 88.0 Å². The summed E-state index contributed by atoms with van der Waals surface area (Å²) in [5, 5.41) is 17.3. The molecule has 0 spiro atoms. The summed E-state index contributed by atoms with van der Waals surface area (Å²) in [5.74, 6) is -1.09. The van der Waals surface area contributed by atoms with Crippen molar-refractivity contribution in [2.24, 2.45) is 0 Å². The number of halogens is 17. The van der Waals surface area contributed by atoms with E-state index in [1.165, 1.54) is 49.0 Å². The van der Waals surface area contributed by atoms with Gasteiger partial charge in [-0.1, -0.05) is 267 Å². The summed E-state index contributed by atoms with van der Waals surface area (Å²) in [4.78, 5) is 145. The molecule has 13 rings (SSSR count). The molecule has 8 fully saturated rings. The normalized spacial score (nSPS) is 13.3. The van der Waals surface area contributed by atoms with E-state index in [2.05, 4.69) is 287 Å². The quantitative estimate of drug-likeness (QED) is 0.0235. The Balaban J connectivity index is -0.0000000668. The van der Waals surface area contributed by atoms with Gasteiger partial charge in [-0.15, -0.1) is 24.0 Å². The summed E-state index contributed by atoms with van der Waals surface area (Å²) in [6.45, 7) is 48.4. The van der Waals surface area contributed by atoms with Crippen molar-refractivity contribution in [3.63, 3.8) is 0 Å². The first-order valence-corrected chi connectivity index (χ1v) is 110. The van der Waals surface area contributed by atoms with Crippen LogP contribution in [0.1, 0.15) is 118 Å². The van der Waals surface area contributed by atoms with Crippen molar-refractivity contribution in [3.8, 4) is 0 Å². The third kappa shape index (κ3) is 162. The number of likely N-dealkylation sites (tertiary alicyclic amines) is 3. The fourth-order valence-electron chi connectivity index (χ4n) is 10.00. The van der Waals surface area contributed by atoms with Gasteiger partial charge >= 0.3 is 209 Å². The smallest absolute Gasteiger partial charge is 0.0346 e. The van der Waals surface area contributed by atoms with Crippen LogP contribution in [0, 0.1) is 37.7 Å². The summed E-state index contributed by atoms with van der Waals surface area (Å²) in [7, 11) is 21.7. The number of amides is 7. The molecule has 8 aliphatic rings. The van der Waals surface area contributed by atoms with Gasteiger partial charge in [-0.3, -0.25) is 58.0 Å². The molecule has 0 unspecified atom stereocenters. The molecule has 10 radical (unpaired) electrons. The minimum absolute atomic E-state index is 0. The zero-order valence-electron chi connectivity index (χ0n) is 89.9. The van der Waals surface area contributed by atoms with Crippen LogP contribution in [0.25, 0.3) is 0 Å². The molecule has 5 aromatic rings. The van der Waals surface area contributed by atoms with Crippen LogP contribution in [0.3, 0.4) is 0 Å². The Kier molecular flexibility index (Phi) is 227. The number of alkyl halides is 1. The van der Waals surface area contributed by atoms with E-state index in [9.17, 15) is 52.7 Å². The van der Waals surface area contributed by atoms with Crippen molar-refractivity contribution >= 4 is 362 Å². The van der Waals surface area contributed by atoms with E-state index in [-0.39, 0.29) is 257 Å². The van der Waals surface area contributed by atoms with E-state index in [0.717, 1.165) is 177 Å². The number of esters is 3. The minimum Gasteiger partial charge on any atom is -0.520 e. The maximum absolute atomic E-state index is 11.0. The molecule has 0 saturated carbocycles. The zero-order valence-corrected chi connectivity index (χ0v) is 137. The van der Waals surface area contributed by atoms with Gasteiger partial charge in [0.15, 0.2) is 0 Å². The van der Waals surface area contributed by atoms with Gasteiger partial charge in [0, 0.05) is 493 Å². The van der Waals surface area contributed by atoms with Crippen LogP contribution in [-0.2, 0) is 207 Å². The fraction of sp³-hybridized carbons (Fsp3) is 0.553. The fourth-order valence-corrected chi connectivity index (χ4v) is 10.00. The van der Waals surface area contributed by atoms with E-state index in [0.29, 0.717) is 44.6 Å². The van der Waals surface area contributed by atoms with Gasteiger partial charge in [0.1, 0.15) is 0 Å². The van der Waals surface area contributed by atoms with Gasteiger partial charge in [0.05, 0.1) is 21.3 Å². The Morgan fingerprint density at radius 1 is 0.367 bits per heavy atom. The SMILES string of the molecule is C.CC.CC.CC.CC.CC(=O)Cl.CC(=O)N1CC(N2CCN([C-]=O)CC2)C1.CC(=O)N1CC(N2CCN([C-]=O)CC2)C1.CC(=O)N1CC(N2CCN([C-]=O)CC2)C1.CC(=O)O.CI.CO.COC.COC(C)=O.COC(C)=O.COC(C)=O.I.II.II(I)I.I[I-]I.I[I-]I(I)I.O=[C-]N1CCN(C2CNC2)CC1.[Ar].[B]B([B])[B].[Y].[Y].[Y].[Y].c1ccccc1.c1ccccc1.c1ccccc1.c1ccccc1.c1ccccc1. The second-order valence-corrected chi connectivity index (χ2v) is 157. The first kappa shape index (κ1) is 204. The molecule has 30 nitrogen and oxygen atoms in total. The molecule has 0 atom stereocenters. The second-order valence-electron chi connectivity index (χ2n) is 26.3. The molecule has 7 amide bonds. The third-order valence-corrected chi connectivity index (χ3v) is 99.4. The first-order valence-electron chi connectivity index (χ1n) is 44.3. The number of aliphatic hydroxyl groups is 1. The van der Waals surface area contributed by atoms with Crippen LogP contribution in [0.15, 0.2) is 182 Å². The summed E-state index contributed by atoms with van der Waals surface area (Å²) in [6, 6.07) is 62.2. The summed E-state index contributed by atoms with van der Waals surface area (Å²) in [6.07, 6.45) is 7.03. The van der Waals surface area contributed by atoms with Crippen LogP contribution < -0.4 is 31.8 Å². The number of methoxy groups -OCH3 is 4. The van der Waals surface area contributed by atoms with Gasteiger partial charge in [-0.25, -0.2) is 0 Å². The molecule has 5 aromatic carbocycles. The number of hydrogen-bond donors (Lipinski definition) is 3. The van der Waals surface area contributed by atoms with E-state index in [1.807, 2.05) is 283 Å². The minimum atomic E-state index is -0.833. The van der Waals surface area contributed by atoms with Gasteiger partial charge in [-0.2, -0.15) is 25.6 Å². The van der Waals surface area contributed by atoms with Gasteiger partial charge in [-0.05, 0) is 16.5 Å². The average molecular weight is 4250 g/mol. The zero-order chi connectivity index (χ0) is 113. The number of rotatable bonds is 9. The molecular weight excluding hydrogens is 4090 g/mol. The summed E-state index contributed by atoms with van der Waals surface area (Å²) in [5.41, 5.74) is 0. The molecule has 0 bridgehead atoms. The maximum Gasteiger partial charge on any atom is 0.0346 e. The Morgan fingerprint density at radius 3 is 0.533 bits per heavy atom. The third-order valence-electron chi connectivity index (χ3n) is 16.8.